The average molecular weight is 367 g/mol. The third-order valence-corrected chi connectivity index (χ3v) is 6.35. The summed E-state index contributed by atoms with van der Waals surface area (Å²) in [6, 6.07) is 6.91. The molecule has 1 N–H and O–H groups in total. The van der Waals surface area contributed by atoms with Crippen molar-refractivity contribution < 1.29 is 9.47 Å². The van der Waals surface area contributed by atoms with Gasteiger partial charge in [-0.25, -0.2) is 9.97 Å². The van der Waals surface area contributed by atoms with E-state index in [-0.39, 0.29) is 0 Å². The quantitative estimate of drug-likeness (QED) is 0.840. The molecule has 0 aliphatic heterocycles. The maximum Gasteiger partial charge on any atom is 0.160 e. The summed E-state index contributed by atoms with van der Waals surface area (Å²) in [5.41, 5.74) is 2.50. The summed E-state index contributed by atoms with van der Waals surface area (Å²) in [7, 11) is 3.39. The van der Waals surface area contributed by atoms with Gasteiger partial charge < -0.3 is 14.8 Å². The van der Waals surface area contributed by atoms with Gasteiger partial charge in [0.15, 0.2) is 11.5 Å². The van der Waals surface area contributed by atoms with Crippen molar-refractivity contribution in [3.63, 3.8) is 0 Å². The van der Waals surface area contributed by atoms with E-state index in [1.807, 2.05) is 25.4 Å². The molecule has 2 fully saturated rings. The monoisotopic (exact) mass is 367 g/mol. The maximum absolute atomic E-state index is 5.55. The van der Waals surface area contributed by atoms with E-state index in [2.05, 4.69) is 27.4 Å². The number of rotatable bonds is 6. The molecule has 0 amide bonds. The van der Waals surface area contributed by atoms with Crippen molar-refractivity contribution in [2.75, 3.05) is 14.2 Å². The first kappa shape index (κ1) is 18.2. The van der Waals surface area contributed by atoms with E-state index in [0.29, 0.717) is 12.0 Å². The number of methoxy groups -OCH3 is 2. The highest BCUT2D eigenvalue weighted by atomic mass is 16.5. The van der Waals surface area contributed by atoms with Crippen molar-refractivity contribution in [1.29, 1.82) is 0 Å². The lowest BCUT2D eigenvalue weighted by atomic mass is 9.53. The van der Waals surface area contributed by atoms with Crippen molar-refractivity contribution in [2.24, 2.45) is 11.8 Å². The Hall–Kier alpha value is -2.14. The van der Waals surface area contributed by atoms with Gasteiger partial charge in [-0.05, 0) is 49.3 Å². The van der Waals surface area contributed by atoms with Gasteiger partial charge in [-0.1, -0.05) is 18.9 Å². The lowest BCUT2D eigenvalue weighted by Gasteiger charge is -2.55. The predicted octanol–water partition coefficient (Wildman–Crippen LogP) is 3.86. The Morgan fingerprint density at radius 3 is 2.41 bits per heavy atom. The molecule has 4 rings (SSSR count). The highest BCUT2D eigenvalue weighted by Crippen LogP contribution is 2.55. The van der Waals surface area contributed by atoms with Crippen LogP contribution >= 0.6 is 0 Å². The van der Waals surface area contributed by atoms with E-state index in [1.165, 1.54) is 31.2 Å². The minimum absolute atomic E-state index is 0.495. The minimum Gasteiger partial charge on any atom is -0.493 e. The topological polar surface area (TPSA) is 56.3 Å². The molecule has 0 bridgehead atoms. The van der Waals surface area contributed by atoms with Crippen molar-refractivity contribution in [1.82, 2.24) is 15.3 Å². The summed E-state index contributed by atoms with van der Waals surface area (Å²) >= 11 is 0. The molecule has 5 nitrogen and oxygen atoms in total. The maximum atomic E-state index is 5.55. The molecule has 1 aromatic heterocycles. The zero-order valence-corrected chi connectivity index (χ0v) is 16.4. The highest BCUT2D eigenvalue weighted by molar-refractivity contribution is 5.45. The second kappa shape index (κ2) is 7.85. The Kier molecular flexibility index (Phi) is 5.30. The third kappa shape index (κ3) is 3.53. The number of benzene rings is 1. The SMILES string of the molecule is COc1ccc([C@H]2[C@H]3CCCC[C@@H]3[C@@H]2NCc2cnc(C)nc2)cc1OC. The number of hydrogen-bond donors (Lipinski definition) is 1. The van der Waals surface area contributed by atoms with Gasteiger partial charge in [-0.3, -0.25) is 0 Å². The molecule has 1 heterocycles. The summed E-state index contributed by atoms with van der Waals surface area (Å²) in [5, 5.41) is 3.82. The largest absolute Gasteiger partial charge is 0.493 e. The fourth-order valence-electron chi connectivity index (χ4n) is 5.01. The zero-order chi connectivity index (χ0) is 18.8. The lowest BCUT2D eigenvalue weighted by Crippen LogP contribution is -2.57. The van der Waals surface area contributed by atoms with Gasteiger partial charge in [0.25, 0.3) is 0 Å². The second-order valence-corrected chi connectivity index (χ2v) is 7.80. The fraction of sp³-hybridized carbons (Fsp3) is 0.545. The van der Waals surface area contributed by atoms with Gasteiger partial charge in [-0.2, -0.15) is 0 Å². The van der Waals surface area contributed by atoms with Crippen LogP contribution < -0.4 is 14.8 Å². The van der Waals surface area contributed by atoms with Gasteiger partial charge in [0.1, 0.15) is 5.82 Å². The summed E-state index contributed by atoms with van der Waals surface area (Å²) in [6.45, 7) is 2.74. The van der Waals surface area contributed by atoms with E-state index < -0.39 is 0 Å². The normalized spacial score (nSPS) is 26.8. The summed E-state index contributed by atoms with van der Waals surface area (Å²) in [4.78, 5) is 8.64. The number of nitrogens with one attached hydrogen (secondary N) is 1. The van der Waals surface area contributed by atoms with Crippen LogP contribution in [0.5, 0.6) is 11.5 Å². The Bertz CT molecular complexity index is 778. The molecule has 27 heavy (non-hydrogen) atoms. The van der Waals surface area contributed by atoms with Gasteiger partial charge in [0.2, 0.25) is 0 Å². The summed E-state index contributed by atoms with van der Waals surface area (Å²) in [5.74, 6) is 4.49. The van der Waals surface area contributed by atoms with Crippen LogP contribution in [0.1, 0.15) is 48.6 Å². The highest BCUT2D eigenvalue weighted by Gasteiger charge is 2.51. The van der Waals surface area contributed by atoms with Crippen LogP contribution in [0.3, 0.4) is 0 Å². The van der Waals surface area contributed by atoms with Crippen LogP contribution in [0, 0.1) is 18.8 Å². The molecular formula is C22H29N3O2. The Labute approximate surface area is 161 Å². The van der Waals surface area contributed by atoms with Crippen molar-refractivity contribution in [2.45, 2.75) is 51.1 Å². The van der Waals surface area contributed by atoms with E-state index >= 15 is 0 Å². The van der Waals surface area contributed by atoms with E-state index in [1.54, 1.807) is 14.2 Å². The van der Waals surface area contributed by atoms with Crippen LogP contribution in [-0.4, -0.2) is 30.2 Å². The van der Waals surface area contributed by atoms with E-state index in [0.717, 1.165) is 41.3 Å². The second-order valence-electron chi connectivity index (χ2n) is 7.80. The molecule has 1 aromatic carbocycles. The first-order valence-electron chi connectivity index (χ1n) is 9.94. The van der Waals surface area contributed by atoms with Crippen LogP contribution in [0.15, 0.2) is 30.6 Å². The molecule has 5 heteroatoms. The summed E-state index contributed by atoms with van der Waals surface area (Å²) < 4.78 is 11.0. The molecule has 0 radical (unpaired) electrons. The van der Waals surface area contributed by atoms with Gasteiger partial charge in [-0.15, -0.1) is 0 Å². The molecule has 2 aromatic rings. The van der Waals surface area contributed by atoms with Gasteiger partial charge in [0.05, 0.1) is 14.2 Å². The Balaban J connectivity index is 1.54. The minimum atomic E-state index is 0.495. The summed E-state index contributed by atoms with van der Waals surface area (Å²) in [6.07, 6.45) is 9.22. The van der Waals surface area contributed by atoms with Crippen molar-refractivity contribution >= 4 is 0 Å². The molecule has 144 valence electrons. The molecule has 2 aliphatic carbocycles. The molecule has 2 aliphatic rings. The van der Waals surface area contributed by atoms with Crippen LogP contribution in [0.2, 0.25) is 0 Å². The zero-order valence-electron chi connectivity index (χ0n) is 16.4. The van der Waals surface area contributed by atoms with Crippen molar-refractivity contribution in [3.8, 4) is 11.5 Å². The number of nitrogens with zero attached hydrogens (tertiary/aromatic N) is 2. The molecule has 2 saturated carbocycles. The van der Waals surface area contributed by atoms with E-state index in [9.17, 15) is 0 Å². The molecule has 4 atom stereocenters. The fourth-order valence-corrected chi connectivity index (χ4v) is 5.01. The van der Waals surface area contributed by atoms with Gasteiger partial charge in [0, 0.05) is 36.5 Å². The standard InChI is InChI=1S/C22H29N3O2/c1-14-23-11-15(12-24-14)13-25-22-18-7-5-4-6-17(18)21(22)16-8-9-19(26-2)20(10-16)27-3/h8-12,17-18,21-22,25H,4-7,13H2,1-3H3/t17-,18-,21-,22-/m0/s1. The molecule has 0 saturated heterocycles. The predicted molar refractivity (Wildman–Crippen MR) is 105 cm³/mol. The molecule has 0 spiro atoms. The molecule has 0 unspecified atom stereocenters. The first-order valence-corrected chi connectivity index (χ1v) is 9.94. The van der Waals surface area contributed by atoms with Crippen LogP contribution in [-0.2, 0) is 6.54 Å². The van der Waals surface area contributed by atoms with E-state index in [4.69, 9.17) is 9.47 Å². The number of aryl methyl sites for hydroxylation is 1. The number of ether oxygens (including phenoxy) is 2. The smallest absolute Gasteiger partial charge is 0.160 e. The molecular weight excluding hydrogens is 338 g/mol. The first-order chi connectivity index (χ1) is 13.2. The number of fused-ring (bicyclic) bond motifs is 1. The number of aromatic nitrogens is 2. The average Bonchev–Trinajstić information content (AvgIpc) is 2.70. The van der Waals surface area contributed by atoms with Crippen molar-refractivity contribution in [3.05, 3.63) is 47.5 Å². The number of hydrogen-bond acceptors (Lipinski definition) is 5. The van der Waals surface area contributed by atoms with Gasteiger partial charge >= 0.3 is 0 Å². The van der Waals surface area contributed by atoms with Crippen LogP contribution in [0.25, 0.3) is 0 Å². The Morgan fingerprint density at radius 2 is 1.70 bits per heavy atom. The third-order valence-electron chi connectivity index (χ3n) is 6.35. The lowest BCUT2D eigenvalue weighted by molar-refractivity contribution is 0.0252. The van der Waals surface area contributed by atoms with Crippen LogP contribution in [0.4, 0.5) is 0 Å². The Morgan fingerprint density at radius 1 is 1.00 bits per heavy atom.